The van der Waals surface area contributed by atoms with E-state index in [1.165, 1.54) is 0 Å². The summed E-state index contributed by atoms with van der Waals surface area (Å²) in [6.45, 7) is 0.665. The highest BCUT2D eigenvalue weighted by atomic mass is 16.6. The normalized spacial score (nSPS) is 26.8. The van der Waals surface area contributed by atoms with Gasteiger partial charge in [-0.05, 0) is 0 Å². The molecule has 1 fully saturated rings. The van der Waals surface area contributed by atoms with Gasteiger partial charge in [0.05, 0.1) is 6.61 Å². The van der Waals surface area contributed by atoms with Crippen molar-refractivity contribution in [3.05, 3.63) is 10.1 Å². The summed E-state index contributed by atoms with van der Waals surface area (Å²) >= 11 is 0. The largest absolute Gasteiger partial charge is 0.371 e. The lowest BCUT2D eigenvalue weighted by molar-refractivity contribution is -0.496. The summed E-state index contributed by atoms with van der Waals surface area (Å²) in [5.41, 5.74) is 0. The molecule has 1 saturated heterocycles. The first-order valence-corrected chi connectivity index (χ1v) is 2.52. The molecule has 0 saturated carbocycles. The molecular weight excluding hydrogens is 110 g/mol. The molecule has 4 nitrogen and oxygen atoms in total. The van der Waals surface area contributed by atoms with Gasteiger partial charge in [-0.1, -0.05) is 0 Å². The van der Waals surface area contributed by atoms with Crippen LogP contribution in [0, 0.1) is 10.1 Å². The van der Waals surface area contributed by atoms with Crippen LogP contribution in [-0.2, 0) is 4.74 Å². The average Bonchev–Trinajstić information content (AvgIpc) is 1.55. The second-order valence-electron chi connectivity index (χ2n) is 1.80. The molecule has 1 aliphatic heterocycles. The van der Waals surface area contributed by atoms with E-state index in [4.69, 9.17) is 4.74 Å². The molecule has 0 aromatic heterocycles. The molecule has 0 amide bonds. The molecule has 0 radical (unpaired) electrons. The molecule has 1 aliphatic rings. The molecule has 46 valence electrons. The Kier molecular flexibility index (Phi) is 1.43. The Labute approximate surface area is 46.6 Å². The Hall–Kier alpha value is -0.640. The molecule has 1 unspecified atom stereocenters. The Morgan fingerprint density at radius 1 is 1.88 bits per heavy atom. The topological polar surface area (TPSA) is 52.4 Å². The van der Waals surface area contributed by atoms with Crippen molar-refractivity contribution < 1.29 is 9.66 Å². The molecule has 1 heterocycles. The lowest BCUT2D eigenvalue weighted by Crippen LogP contribution is -2.33. The first kappa shape index (κ1) is 5.50. The highest BCUT2D eigenvalue weighted by Crippen LogP contribution is 2.09. The van der Waals surface area contributed by atoms with Crippen LogP contribution in [0.5, 0.6) is 0 Å². The van der Waals surface area contributed by atoms with Crippen LogP contribution in [0.15, 0.2) is 0 Å². The van der Waals surface area contributed by atoms with Crippen molar-refractivity contribution in [2.45, 2.75) is 12.5 Å². The van der Waals surface area contributed by atoms with Crippen molar-refractivity contribution in [1.82, 2.24) is 0 Å². The van der Waals surface area contributed by atoms with Crippen LogP contribution in [-0.4, -0.2) is 24.2 Å². The van der Waals surface area contributed by atoms with E-state index in [1.807, 2.05) is 0 Å². The summed E-state index contributed by atoms with van der Waals surface area (Å²) in [5.74, 6) is 0. The van der Waals surface area contributed by atoms with Crippen LogP contribution in [0.1, 0.15) is 6.42 Å². The maximum Gasteiger partial charge on any atom is 0.229 e. The second-order valence-corrected chi connectivity index (χ2v) is 1.80. The Morgan fingerprint density at radius 3 is 2.62 bits per heavy atom. The fourth-order valence-corrected chi connectivity index (χ4v) is 0.595. The van der Waals surface area contributed by atoms with Crippen molar-refractivity contribution in [2.24, 2.45) is 0 Å². The smallest absolute Gasteiger partial charge is 0.229 e. The van der Waals surface area contributed by atoms with E-state index in [0.717, 1.165) is 6.42 Å². The average molecular weight is 117 g/mol. The lowest BCUT2D eigenvalue weighted by atomic mass is 10.2. The molecule has 0 N–H and O–H groups in total. The van der Waals surface area contributed by atoms with Crippen LogP contribution in [0.4, 0.5) is 0 Å². The molecular formula is C4H7NO3. The first-order valence-electron chi connectivity index (χ1n) is 2.52. The van der Waals surface area contributed by atoms with Crippen molar-refractivity contribution in [3.63, 3.8) is 0 Å². The summed E-state index contributed by atoms with van der Waals surface area (Å²) in [6.07, 6.45) is 0.756. The minimum atomic E-state index is -0.343. The molecule has 0 bridgehead atoms. The summed E-state index contributed by atoms with van der Waals surface area (Å²) < 4.78 is 4.80. The third-order valence-electron chi connectivity index (χ3n) is 1.15. The SMILES string of the molecule is O=[N+]([O-])CC1CCO1. The van der Waals surface area contributed by atoms with E-state index in [2.05, 4.69) is 0 Å². The molecule has 1 rings (SSSR count). The van der Waals surface area contributed by atoms with E-state index in [9.17, 15) is 10.1 Å². The number of nitro groups is 1. The van der Waals surface area contributed by atoms with Gasteiger partial charge in [-0.2, -0.15) is 0 Å². The van der Waals surface area contributed by atoms with Gasteiger partial charge in [0, 0.05) is 11.3 Å². The zero-order valence-corrected chi connectivity index (χ0v) is 4.37. The van der Waals surface area contributed by atoms with Crippen LogP contribution in [0.3, 0.4) is 0 Å². The number of nitrogens with zero attached hydrogens (tertiary/aromatic N) is 1. The number of rotatable bonds is 2. The van der Waals surface area contributed by atoms with E-state index >= 15 is 0 Å². The number of ether oxygens (including phenoxy) is 1. The second kappa shape index (κ2) is 2.09. The molecule has 8 heavy (non-hydrogen) atoms. The van der Waals surface area contributed by atoms with Crippen LogP contribution >= 0.6 is 0 Å². The van der Waals surface area contributed by atoms with Gasteiger partial charge < -0.3 is 4.74 Å². The molecule has 0 spiro atoms. The van der Waals surface area contributed by atoms with Gasteiger partial charge in [0.1, 0.15) is 6.10 Å². The Balaban J connectivity index is 2.09. The van der Waals surface area contributed by atoms with Gasteiger partial charge in [-0.25, -0.2) is 0 Å². The standard InChI is InChI=1S/C4H7NO3/c6-5(7)3-4-1-2-8-4/h4H,1-3H2. The third kappa shape index (κ3) is 1.16. The van der Waals surface area contributed by atoms with E-state index in [1.54, 1.807) is 0 Å². The van der Waals surface area contributed by atoms with Gasteiger partial charge in [0.15, 0.2) is 0 Å². The summed E-state index contributed by atoms with van der Waals surface area (Å²) in [5, 5.41) is 9.73. The predicted molar refractivity (Wildman–Crippen MR) is 26.2 cm³/mol. The zero-order chi connectivity index (χ0) is 5.98. The fraction of sp³-hybridized carbons (Fsp3) is 1.00. The van der Waals surface area contributed by atoms with Crippen molar-refractivity contribution in [1.29, 1.82) is 0 Å². The third-order valence-corrected chi connectivity index (χ3v) is 1.15. The van der Waals surface area contributed by atoms with Gasteiger partial charge in [0.2, 0.25) is 6.54 Å². The number of hydrogen-bond donors (Lipinski definition) is 0. The predicted octanol–water partition coefficient (Wildman–Crippen LogP) is 0.0520. The van der Waals surface area contributed by atoms with Crippen molar-refractivity contribution in [3.8, 4) is 0 Å². The van der Waals surface area contributed by atoms with Crippen molar-refractivity contribution >= 4 is 0 Å². The van der Waals surface area contributed by atoms with E-state index in [-0.39, 0.29) is 17.6 Å². The minimum Gasteiger partial charge on any atom is -0.371 e. The first-order chi connectivity index (χ1) is 3.79. The van der Waals surface area contributed by atoms with Gasteiger partial charge in [0.25, 0.3) is 0 Å². The zero-order valence-electron chi connectivity index (χ0n) is 4.37. The molecule has 0 aromatic carbocycles. The van der Waals surface area contributed by atoms with Gasteiger partial charge >= 0.3 is 0 Å². The summed E-state index contributed by atoms with van der Waals surface area (Å²) in [7, 11) is 0. The molecule has 0 aromatic rings. The van der Waals surface area contributed by atoms with Crippen LogP contribution in [0.25, 0.3) is 0 Å². The maximum atomic E-state index is 9.73. The summed E-state index contributed by atoms with van der Waals surface area (Å²) in [6, 6.07) is 0. The Bertz CT molecular complexity index is 99.5. The van der Waals surface area contributed by atoms with Gasteiger partial charge in [-0.3, -0.25) is 10.1 Å². The highest BCUT2D eigenvalue weighted by Gasteiger charge is 2.22. The molecule has 0 aliphatic carbocycles. The monoisotopic (exact) mass is 117 g/mol. The van der Waals surface area contributed by atoms with Crippen LogP contribution < -0.4 is 0 Å². The van der Waals surface area contributed by atoms with Gasteiger partial charge in [-0.15, -0.1) is 0 Å². The lowest BCUT2D eigenvalue weighted by Gasteiger charge is -2.21. The highest BCUT2D eigenvalue weighted by molar-refractivity contribution is 4.63. The summed E-state index contributed by atoms with van der Waals surface area (Å²) in [4.78, 5) is 9.38. The molecule has 1 atom stereocenters. The Morgan fingerprint density at radius 2 is 2.50 bits per heavy atom. The van der Waals surface area contributed by atoms with E-state index in [0.29, 0.717) is 6.61 Å². The van der Waals surface area contributed by atoms with Crippen LogP contribution in [0.2, 0.25) is 0 Å². The minimum absolute atomic E-state index is 0.0278. The van der Waals surface area contributed by atoms with E-state index < -0.39 is 0 Å². The maximum absolute atomic E-state index is 9.73. The quantitative estimate of drug-likeness (QED) is 0.379. The fourth-order valence-electron chi connectivity index (χ4n) is 0.595. The number of hydrogen-bond acceptors (Lipinski definition) is 3. The molecule has 4 heteroatoms. The van der Waals surface area contributed by atoms with Crippen molar-refractivity contribution in [2.75, 3.05) is 13.2 Å².